The van der Waals surface area contributed by atoms with Gasteiger partial charge >= 0.3 is 5.97 Å². The highest BCUT2D eigenvalue weighted by Crippen LogP contribution is 2.70. The molecule has 9 heterocycles. The van der Waals surface area contributed by atoms with Gasteiger partial charge in [0.25, 0.3) is 0 Å². The molecule has 0 aromatic carbocycles. The van der Waals surface area contributed by atoms with Gasteiger partial charge in [-0.15, -0.1) is 0 Å². The molecule has 536 valence electrons. The lowest BCUT2D eigenvalue weighted by Gasteiger charge is -2.65. The average molecular weight is 1330 g/mol. The van der Waals surface area contributed by atoms with Crippen LogP contribution in [0.2, 0.25) is 0 Å². The summed E-state index contributed by atoms with van der Waals surface area (Å²) in [5.74, 6) is 6.17. The lowest BCUT2D eigenvalue weighted by Crippen LogP contribution is -2.67. The van der Waals surface area contributed by atoms with Crippen molar-refractivity contribution in [1.29, 1.82) is 0 Å². The highest BCUT2D eigenvalue weighted by Gasteiger charge is 2.71. The third-order valence-electron chi connectivity index (χ3n) is 29.7. The van der Waals surface area contributed by atoms with Gasteiger partial charge in [0.1, 0.15) is 24.9 Å². The topological polar surface area (TPSA) is 299 Å². The van der Waals surface area contributed by atoms with Crippen LogP contribution in [0.3, 0.4) is 0 Å². The Hall–Kier alpha value is -1.59. The van der Waals surface area contributed by atoms with Crippen LogP contribution in [0.25, 0.3) is 0 Å². The van der Waals surface area contributed by atoms with E-state index in [2.05, 4.69) is 49.5 Å². The van der Waals surface area contributed by atoms with Gasteiger partial charge in [-0.05, 0) is 206 Å². The third kappa shape index (κ3) is 12.3. The first-order chi connectivity index (χ1) is 45.8. The Morgan fingerprint density at radius 2 is 0.853 bits per heavy atom. The third-order valence-corrected chi connectivity index (χ3v) is 29.7. The number of hydrogen-bond donors (Lipinski definition) is 14. The molecule has 0 radical (unpaired) electrons. The Kier molecular flexibility index (Phi) is 19.5. The summed E-state index contributed by atoms with van der Waals surface area (Å²) >= 11 is 0. The van der Waals surface area contributed by atoms with E-state index >= 15 is 0 Å². The van der Waals surface area contributed by atoms with Gasteiger partial charge in [0.15, 0.2) is 18.9 Å². The maximum absolute atomic E-state index is 12.6. The van der Waals surface area contributed by atoms with Gasteiger partial charge in [0.2, 0.25) is 0 Å². The standard InChI is InChI=1S/C41H64O14.C32H56N8/c1-19-36(47)28(42)15-34(50-19)54-38-21(3)52-35(17-30(38)44)55-37-20(2)51-33(16-29(37)43)53-24-8-10-39(4)23(13-24)6-7-26-27(39)14-31(45)40(5)25(9-11-41(26,40)48)22-12-32(46)49-18-22;1-2-10-18-17(9-1)25-33-26(18)38-28-21-13-5-6-14-22(21)30(35-28)40-32-24-16-8-7-15-23(24)31(36-32)39-29-20-12-4-3-11-19(20)27(34-29)37-25/h12,19-21,23-31,33-38,42-45,47-48H,6-11,13-18H2,1-5H3;17-40H,1-16H2/t19-,20-,21-,23-,24+,25-,26-,27+,28+,29+,30+,31-,33+,34+,35+,36-,37-,38-,39+,40+,41+;/m1./s1. The van der Waals surface area contributed by atoms with E-state index in [0.717, 1.165) is 91.4 Å². The van der Waals surface area contributed by atoms with Crippen LogP contribution in [0.4, 0.5) is 0 Å². The van der Waals surface area contributed by atoms with Crippen molar-refractivity contribution >= 4 is 5.97 Å². The fourth-order valence-corrected chi connectivity index (χ4v) is 24.7. The number of ether oxygens (including phenoxy) is 7. The fourth-order valence-electron chi connectivity index (χ4n) is 24.7. The Balaban J connectivity index is 0.000000157. The van der Waals surface area contributed by atoms with Gasteiger partial charge in [-0.1, -0.05) is 65.2 Å². The van der Waals surface area contributed by atoms with Gasteiger partial charge in [0, 0.05) is 30.8 Å². The molecule has 8 saturated carbocycles. The molecule has 95 heavy (non-hydrogen) atoms. The van der Waals surface area contributed by atoms with E-state index in [-0.39, 0.29) is 61.1 Å². The SMILES string of the molecule is C1CCC2C3NC(NC4NC(NC5NC(NC6NC(N3)C3CCCCC63)C3CCCCC53)C3CCCCC43)C2C1.C[C@H]1O[C@@H](O[C@H]2[C@@H](O)C[C@H](O[C@H]3[C@@H](O)C[C@H](O[C@H]4CC[C@@]5(C)[C@H](CC[C@@H]6[C@@H]5C[C@@H](O)[C@]5(C)[C@@H](C7=CC(=O)OC7)CC[C@]65O)C4)O[C@@H]3C)O[C@@H]2C)C[C@H](O)[C@@H]1O. The number of aliphatic hydroxyl groups excluding tert-OH is 5. The minimum atomic E-state index is -1.01. The number of rotatable bonds is 7. The van der Waals surface area contributed by atoms with Crippen molar-refractivity contribution in [3.05, 3.63) is 11.6 Å². The Labute approximate surface area is 563 Å². The number of nitrogens with one attached hydrogen (secondary N) is 8. The molecule has 16 fully saturated rings. The molecule has 14 N–H and O–H groups in total. The van der Waals surface area contributed by atoms with Crippen LogP contribution in [0.1, 0.15) is 208 Å². The summed E-state index contributed by atoms with van der Waals surface area (Å²) in [6, 6.07) is 0. The minimum absolute atomic E-state index is 0.0452. The molecular formula is C73H120N8O14. The maximum Gasteiger partial charge on any atom is 0.331 e. The monoisotopic (exact) mass is 1330 g/mol. The molecule has 0 aromatic heterocycles. The van der Waals surface area contributed by atoms with Crippen molar-refractivity contribution in [3.8, 4) is 0 Å². The summed E-state index contributed by atoms with van der Waals surface area (Å²) in [5.41, 5.74) is -0.892. The largest absolute Gasteiger partial charge is 0.458 e. The van der Waals surface area contributed by atoms with Crippen molar-refractivity contribution in [2.75, 3.05) is 6.61 Å². The van der Waals surface area contributed by atoms with Crippen LogP contribution in [-0.4, -0.2) is 184 Å². The van der Waals surface area contributed by atoms with Gasteiger partial charge < -0.3 is 63.8 Å². The van der Waals surface area contributed by atoms with E-state index in [0.29, 0.717) is 68.1 Å². The van der Waals surface area contributed by atoms with Crippen LogP contribution in [0.5, 0.6) is 0 Å². The zero-order chi connectivity index (χ0) is 65.4. The van der Waals surface area contributed by atoms with Gasteiger partial charge in [-0.3, -0.25) is 42.5 Å². The van der Waals surface area contributed by atoms with Gasteiger partial charge in [0.05, 0.1) is 104 Å². The van der Waals surface area contributed by atoms with E-state index in [9.17, 15) is 35.4 Å². The van der Waals surface area contributed by atoms with Crippen molar-refractivity contribution < 1.29 is 68.6 Å². The fraction of sp³-hybridized carbons (Fsp3) is 0.959. The maximum atomic E-state index is 12.6. The molecule has 22 nitrogen and oxygen atoms in total. The zero-order valence-electron chi connectivity index (χ0n) is 57.5. The van der Waals surface area contributed by atoms with Crippen molar-refractivity contribution in [3.63, 3.8) is 0 Å². The molecule has 8 unspecified atom stereocenters. The van der Waals surface area contributed by atoms with Crippen LogP contribution in [0, 0.1) is 81.8 Å². The second kappa shape index (κ2) is 27.2. The molecule has 0 amide bonds. The normalized spacial score (nSPS) is 56.4. The quantitative estimate of drug-likeness (QED) is 0.120. The number of aliphatic hydroxyl groups is 6. The molecule has 8 bridgehead atoms. The second-order valence-corrected chi connectivity index (χ2v) is 34.4. The highest BCUT2D eigenvalue weighted by molar-refractivity contribution is 5.85. The van der Waals surface area contributed by atoms with Crippen molar-refractivity contribution in [2.45, 2.75) is 349 Å². The van der Waals surface area contributed by atoms with Crippen LogP contribution in [0.15, 0.2) is 11.6 Å². The number of fused-ring (bicyclic) bond motifs is 25. The van der Waals surface area contributed by atoms with Crippen LogP contribution in [-0.2, 0) is 38.0 Å². The first kappa shape index (κ1) is 67.9. The summed E-state index contributed by atoms with van der Waals surface area (Å²) in [4.78, 5) is 11.9. The molecule has 22 heteroatoms. The van der Waals surface area contributed by atoms with Crippen molar-refractivity contribution in [1.82, 2.24) is 42.5 Å². The molecule has 8 saturated heterocycles. The molecule has 8 aliphatic carbocycles. The lowest BCUT2D eigenvalue weighted by atomic mass is 9.42. The number of cyclic esters (lactones) is 1. The number of carbonyl (C=O) groups is 1. The number of carbonyl (C=O) groups excluding carboxylic acids is 1. The minimum Gasteiger partial charge on any atom is -0.458 e. The molecule has 0 aromatic rings. The summed E-state index contributed by atoms with van der Waals surface area (Å²) in [7, 11) is 0. The van der Waals surface area contributed by atoms with Crippen LogP contribution >= 0.6 is 0 Å². The summed E-state index contributed by atoms with van der Waals surface area (Å²) < 4.78 is 42.1. The van der Waals surface area contributed by atoms with E-state index in [4.69, 9.17) is 33.2 Å². The Bertz CT molecular complexity index is 2480. The average Bonchev–Trinajstić information content (AvgIpc) is 1.62. The predicted molar refractivity (Wildman–Crippen MR) is 350 cm³/mol. The van der Waals surface area contributed by atoms with E-state index in [1.54, 1.807) is 19.9 Å². The molecule has 29 atom stereocenters. The molecular weight excluding hydrogens is 1210 g/mol. The van der Waals surface area contributed by atoms with Gasteiger partial charge in [-0.2, -0.15) is 0 Å². The summed E-state index contributed by atoms with van der Waals surface area (Å²) in [6.45, 7) is 9.90. The molecule has 17 rings (SSSR count). The van der Waals surface area contributed by atoms with E-state index < -0.39 is 90.9 Å². The second-order valence-electron chi connectivity index (χ2n) is 34.4. The van der Waals surface area contributed by atoms with Crippen LogP contribution < -0.4 is 42.5 Å². The van der Waals surface area contributed by atoms with E-state index in [1.807, 2.05) is 13.8 Å². The summed E-state index contributed by atoms with van der Waals surface area (Å²) in [6.07, 6.45) is 24.1. The first-order valence-electron chi connectivity index (χ1n) is 38.8. The number of hydrogen-bond acceptors (Lipinski definition) is 22. The lowest BCUT2D eigenvalue weighted by molar-refractivity contribution is -0.336. The van der Waals surface area contributed by atoms with Gasteiger partial charge in [-0.25, -0.2) is 4.79 Å². The Morgan fingerprint density at radius 1 is 0.453 bits per heavy atom. The molecule has 0 spiro atoms. The highest BCUT2D eigenvalue weighted by atomic mass is 16.7. The number of esters is 1. The molecule has 9 aliphatic heterocycles. The summed E-state index contributed by atoms with van der Waals surface area (Å²) in [5, 5.41) is 101. The Morgan fingerprint density at radius 3 is 1.24 bits per heavy atom. The zero-order valence-corrected chi connectivity index (χ0v) is 57.5. The van der Waals surface area contributed by atoms with Crippen molar-refractivity contribution in [2.24, 2.45) is 81.8 Å². The predicted octanol–water partition coefficient (Wildman–Crippen LogP) is 4.82. The van der Waals surface area contributed by atoms with E-state index in [1.165, 1.54) is 103 Å². The smallest absolute Gasteiger partial charge is 0.331 e. The first-order valence-corrected chi connectivity index (χ1v) is 38.8. The molecule has 17 aliphatic rings.